The third-order valence-electron chi connectivity index (χ3n) is 3.82. The summed E-state index contributed by atoms with van der Waals surface area (Å²) in [5, 5.41) is 15.1. The highest BCUT2D eigenvalue weighted by Crippen LogP contribution is 2.31. The molecule has 0 fully saturated rings. The van der Waals surface area contributed by atoms with Crippen molar-refractivity contribution >= 4 is 29.0 Å². The molecule has 0 saturated heterocycles. The van der Waals surface area contributed by atoms with E-state index in [1.807, 2.05) is 0 Å². The summed E-state index contributed by atoms with van der Waals surface area (Å²) < 4.78 is 6.86. The molecule has 1 aromatic heterocycles. The Morgan fingerprint density at radius 3 is 2.54 bits per heavy atom. The second-order valence-electron chi connectivity index (χ2n) is 7.13. The molecule has 0 atom stereocenters. The van der Waals surface area contributed by atoms with E-state index < -0.39 is 22.1 Å². The van der Waals surface area contributed by atoms with Crippen LogP contribution in [0.25, 0.3) is 0 Å². The molecule has 0 unspecified atom stereocenters. The van der Waals surface area contributed by atoms with Gasteiger partial charge in [-0.3, -0.25) is 19.7 Å². The second-order valence-corrected chi connectivity index (χ2v) is 7.53. The first-order chi connectivity index (χ1) is 13.0. The number of rotatable bonds is 6. The zero-order valence-corrected chi connectivity index (χ0v) is 16.7. The van der Waals surface area contributed by atoms with Crippen LogP contribution < -0.4 is 4.74 Å². The molecular formula is C19H20ClN3O5. The number of aryl methyl sites for hydroxylation is 1. The maximum absolute atomic E-state index is 13.1. The molecule has 1 aromatic carbocycles. The number of carbonyl (C=O) groups is 2. The van der Waals surface area contributed by atoms with Crippen molar-refractivity contribution in [2.45, 2.75) is 34.2 Å². The van der Waals surface area contributed by atoms with Gasteiger partial charge in [0.05, 0.1) is 27.6 Å². The van der Waals surface area contributed by atoms with Crippen molar-refractivity contribution in [1.82, 2.24) is 9.78 Å². The summed E-state index contributed by atoms with van der Waals surface area (Å²) in [6, 6.07) is 3.55. The van der Waals surface area contributed by atoms with Gasteiger partial charge in [-0.15, -0.1) is 6.58 Å². The predicted octanol–water partition coefficient (Wildman–Crippen LogP) is 4.12. The molecule has 0 radical (unpaired) electrons. The third-order valence-corrected chi connectivity index (χ3v) is 4.13. The van der Waals surface area contributed by atoms with Crippen LogP contribution in [-0.4, -0.2) is 26.5 Å². The van der Waals surface area contributed by atoms with E-state index in [-0.39, 0.29) is 34.3 Å². The van der Waals surface area contributed by atoms with Gasteiger partial charge in [0.2, 0.25) is 11.7 Å². The van der Waals surface area contributed by atoms with Gasteiger partial charge in [0, 0.05) is 17.7 Å². The largest absolute Gasteiger partial charge is 0.406 e. The Morgan fingerprint density at radius 1 is 1.39 bits per heavy atom. The van der Waals surface area contributed by atoms with Crippen LogP contribution in [0.3, 0.4) is 0 Å². The Morgan fingerprint density at radius 2 is 2.04 bits per heavy atom. The predicted molar refractivity (Wildman–Crippen MR) is 104 cm³/mol. The number of hydrogen-bond donors (Lipinski definition) is 0. The van der Waals surface area contributed by atoms with E-state index in [1.54, 1.807) is 33.8 Å². The molecule has 0 aliphatic rings. The maximum atomic E-state index is 13.1. The number of nitrogens with zero attached hydrogens (tertiary/aromatic N) is 3. The average Bonchev–Trinajstić information content (AvgIpc) is 2.88. The molecular weight excluding hydrogens is 386 g/mol. The lowest BCUT2D eigenvalue weighted by molar-refractivity contribution is -0.384. The number of nitro benzene ring substituents is 1. The van der Waals surface area contributed by atoms with Crippen molar-refractivity contribution in [1.29, 1.82) is 0 Å². The van der Waals surface area contributed by atoms with Gasteiger partial charge >= 0.3 is 5.97 Å². The number of ketones is 1. The van der Waals surface area contributed by atoms with Gasteiger partial charge in [-0.1, -0.05) is 17.7 Å². The fourth-order valence-electron chi connectivity index (χ4n) is 2.35. The summed E-state index contributed by atoms with van der Waals surface area (Å²) in [4.78, 5) is 35.8. The smallest absolute Gasteiger partial charge is 0.317 e. The summed E-state index contributed by atoms with van der Waals surface area (Å²) in [6.07, 6.45) is 1.55. The average molecular weight is 406 g/mol. The van der Waals surface area contributed by atoms with Crippen molar-refractivity contribution in [2.24, 2.45) is 5.41 Å². The standard InChI is InChI=1S/C19H20ClN3O5/c1-6-9-22-17(28-18(25)19(3,4)5)15(11(2)21-22)16(24)13-8-7-12(23(26)27)10-14(13)20/h6-8,10H,1,9H2,2-5H3. The number of non-ortho nitro benzene ring substituents is 1. The number of hydrogen-bond acceptors (Lipinski definition) is 6. The number of aromatic nitrogens is 2. The number of allylic oxidation sites excluding steroid dienone is 1. The van der Waals surface area contributed by atoms with Crippen LogP contribution in [0.4, 0.5) is 5.69 Å². The number of ether oxygens (including phenoxy) is 1. The Hall–Kier alpha value is -3.00. The van der Waals surface area contributed by atoms with Crippen LogP contribution in [0, 0.1) is 22.5 Å². The van der Waals surface area contributed by atoms with E-state index in [9.17, 15) is 19.7 Å². The van der Waals surface area contributed by atoms with Crippen LogP contribution in [-0.2, 0) is 11.3 Å². The molecule has 2 rings (SSSR count). The molecule has 0 N–H and O–H groups in total. The van der Waals surface area contributed by atoms with Gasteiger partial charge in [0.15, 0.2) is 0 Å². The molecule has 0 aliphatic heterocycles. The lowest BCUT2D eigenvalue weighted by Gasteiger charge is -2.17. The summed E-state index contributed by atoms with van der Waals surface area (Å²) in [6.45, 7) is 10.5. The minimum Gasteiger partial charge on any atom is -0.406 e. The molecule has 28 heavy (non-hydrogen) atoms. The lowest BCUT2D eigenvalue weighted by atomic mass is 9.97. The summed E-state index contributed by atoms with van der Waals surface area (Å²) >= 11 is 6.09. The Labute approximate surface area is 166 Å². The van der Waals surface area contributed by atoms with E-state index in [2.05, 4.69) is 11.7 Å². The summed E-state index contributed by atoms with van der Waals surface area (Å²) in [5.74, 6) is -1.11. The summed E-state index contributed by atoms with van der Waals surface area (Å²) in [7, 11) is 0. The Balaban J connectivity index is 2.58. The molecule has 8 nitrogen and oxygen atoms in total. The molecule has 0 saturated carbocycles. The first kappa shape index (κ1) is 21.3. The molecule has 1 heterocycles. The first-order valence-corrected chi connectivity index (χ1v) is 8.74. The molecule has 2 aromatic rings. The normalized spacial score (nSPS) is 11.2. The van der Waals surface area contributed by atoms with Crippen molar-refractivity contribution in [2.75, 3.05) is 0 Å². The van der Waals surface area contributed by atoms with Gasteiger partial charge < -0.3 is 4.74 Å². The van der Waals surface area contributed by atoms with Crippen LogP contribution in [0.15, 0.2) is 30.9 Å². The quantitative estimate of drug-likeness (QED) is 0.235. The fraction of sp³-hybridized carbons (Fsp3) is 0.316. The lowest BCUT2D eigenvalue weighted by Crippen LogP contribution is -2.27. The number of benzene rings is 1. The molecule has 0 amide bonds. The van der Waals surface area contributed by atoms with Crippen LogP contribution in [0.1, 0.15) is 42.4 Å². The summed E-state index contributed by atoms with van der Waals surface area (Å²) in [5.41, 5.74) is -0.600. The SMILES string of the molecule is C=CCn1nc(C)c(C(=O)c2ccc([N+](=O)[O-])cc2Cl)c1OC(=O)C(C)(C)C. The van der Waals surface area contributed by atoms with Crippen molar-refractivity contribution < 1.29 is 19.2 Å². The van der Waals surface area contributed by atoms with E-state index in [0.717, 1.165) is 6.07 Å². The molecule has 148 valence electrons. The van der Waals surface area contributed by atoms with Gasteiger partial charge in [0.1, 0.15) is 5.56 Å². The van der Waals surface area contributed by atoms with Crippen LogP contribution in [0.2, 0.25) is 5.02 Å². The van der Waals surface area contributed by atoms with Gasteiger partial charge in [0.25, 0.3) is 5.69 Å². The van der Waals surface area contributed by atoms with E-state index in [0.29, 0.717) is 5.69 Å². The number of esters is 1. The third kappa shape index (κ3) is 4.28. The van der Waals surface area contributed by atoms with Crippen LogP contribution in [0.5, 0.6) is 5.88 Å². The van der Waals surface area contributed by atoms with Gasteiger partial charge in [-0.2, -0.15) is 5.10 Å². The van der Waals surface area contributed by atoms with Crippen molar-refractivity contribution in [3.8, 4) is 5.88 Å². The van der Waals surface area contributed by atoms with E-state index in [4.69, 9.17) is 16.3 Å². The molecule has 0 spiro atoms. The monoisotopic (exact) mass is 405 g/mol. The van der Waals surface area contributed by atoms with E-state index in [1.165, 1.54) is 16.8 Å². The minimum absolute atomic E-state index is 0.0169. The Bertz CT molecular complexity index is 973. The number of halogens is 1. The zero-order valence-electron chi connectivity index (χ0n) is 16.0. The van der Waals surface area contributed by atoms with E-state index >= 15 is 0 Å². The van der Waals surface area contributed by atoms with Crippen LogP contribution >= 0.6 is 11.6 Å². The molecule has 0 bridgehead atoms. The van der Waals surface area contributed by atoms with Crippen molar-refractivity contribution in [3.05, 3.63) is 62.8 Å². The highest BCUT2D eigenvalue weighted by atomic mass is 35.5. The Kier molecular flexibility index (Phi) is 6.04. The van der Waals surface area contributed by atoms with Gasteiger partial charge in [-0.25, -0.2) is 4.68 Å². The van der Waals surface area contributed by atoms with Gasteiger partial charge in [-0.05, 0) is 33.8 Å². The maximum Gasteiger partial charge on any atom is 0.317 e. The highest BCUT2D eigenvalue weighted by Gasteiger charge is 2.31. The highest BCUT2D eigenvalue weighted by molar-refractivity contribution is 6.35. The fourth-order valence-corrected chi connectivity index (χ4v) is 2.61. The number of carbonyl (C=O) groups excluding carboxylic acids is 2. The zero-order chi connectivity index (χ0) is 21.2. The molecule has 0 aliphatic carbocycles. The van der Waals surface area contributed by atoms with Crippen molar-refractivity contribution in [3.63, 3.8) is 0 Å². The first-order valence-electron chi connectivity index (χ1n) is 8.36. The minimum atomic E-state index is -0.803. The second kappa shape index (κ2) is 7.93. The number of nitro groups is 1. The molecule has 9 heteroatoms. The topological polar surface area (TPSA) is 104 Å².